The average Bonchev–Trinajstić information content (AvgIpc) is 2.74. The second-order valence-electron chi connectivity index (χ2n) is 11.4. The van der Waals surface area contributed by atoms with Crippen LogP contribution in [0.2, 0.25) is 0 Å². The molecular weight excluding hydrogens is 398 g/mol. The van der Waals surface area contributed by atoms with Crippen LogP contribution in [-0.2, 0) is 10.8 Å². The van der Waals surface area contributed by atoms with Crippen LogP contribution in [0.25, 0.3) is 21.9 Å². The van der Waals surface area contributed by atoms with Gasteiger partial charge in [0, 0.05) is 16.6 Å². The fourth-order valence-corrected chi connectivity index (χ4v) is 4.37. The maximum absolute atomic E-state index is 3.88. The molecule has 0 aliphatic rings. The van der Waals surface area contributed by atoms with Gasteiger partial charge in [0.1, 0.15) is 0 Å². The molecule has 1 N–H and O–H groups in total. The molecular formula is C32H37N. The van der Waals surface area contributed by atoms with E-state index in [-0.39, 0.29) is 10.8 Å². The first-order chi connectivity index (χ1) is 15.4. The predicted octanol–water partition coefficient (Wildman–Crippen LogP) is 9.46. The molecule has 0 aliphatic carbocycles. The van der Waals surface area contributed by atoms with Crippen molar-refractivity contribution in [2.24, 2.45) is 0 Å². The molecule has 0 saturated heterocycles. The second kappa shape index (κ2) is 8.37. The normalized spacial score (nSPS) is 12.2. The van der Waals surface area contributed by atoms with E-state index in [0.29, 0.717) is 0 Å². The molecule has 0 heterocycles. The summed E-state index contributed by atoms with van der Waals surface area (Å²) in [6, 6.07) is 26.9. The number of benzene rings is 4. The molecule has 1 nitrogen and oxygen atoms in total. The highest BCUT2D eigenvalue weighted by Gasteiger charge is 2.19. The number of fused-ring (bicyclic) bond motifs is 1. The van der Waals surface area contributed by atoms with Gasteiger partial charge in [0.25, 0.3) is 0 Å². The average molecular weight is 436 g/mol. The second-order valence-corrected chi connectivity index (χ2v) is 11.4. The minimum atomic E-state index is 0.101. The van der Waals surface area contributed by atoms with Gasteiger partial charge in [-0.05, 0) is 63.9 Å². The quantitative estimate of drug-likeness (QED) is 0.338. The zero-order valence-corrected chi connectivity index (χ0v) is 21.4. The molecule has 0 aromatic heterocycles. The Kier molecular flexibility index (Phi) is 5.86. The third-order valence-corrected chi connectivity index (χ3v) is 6.69. The molecule has 0 fully saturated rings. The van der Waals surface area contributed by atoms with Gasteiger partial charge in [-0.15, -0.1) is 0 Å². The third kappa shape index (κ3) is 4.69. The van der Waals surface area contributed by atoms with Crippen molar-refractivity contribution in [3.05, 3.63) is 95.1 Å². The highest BCUT2D eigenvalue weighted by Crippen LogP contribution is 2.40. The molecule has 4 rings (SSSR count). The third-order valence-electron chi connectivity index (χ3n) is 6.69. The molecule has 0 bridgehead atoms. The lowest BCUT2D eigenvalue weighted by Crippen LogP contribution is -2.12. The van der Waals surface area contributed by atoms with Crippen LogP contribution in [0.1, 0.15) is 63.8 Å². The topological polar surface area (TPSA) is 12.0 Å². The van der Waals surface area contributed by atoms with Crippen molar-refractivity contribution < 1.29 is 0 Å². The molecule has 0 amide bonds. The highest BCUT2D eigenvalue weighted by molar-refractivity contribution is 6.03. The lowest BCUT2D eigenvalue weighted by molar-refractivity contribution is 0.590. The maximum Gasteiger partial charge on any atom is 0.0543 e. The summed E-state index contributed by atoms with van der Waals surface area (Å²) in [6.07, 6.45) is 0. The van der Waals surface area contributed by atoms with Crippen molar-refractivity contribution in [3.8, 4) is 11.1 Å². The van der Waals surface area contributed by atoms with E-state index in [4.69, 9.17) is 0 Å². The molecule has 33 heavy (non-hydrogen) atoms. The zero-order chi connectivity index (χ0) is 24.0. The van der Waals surface area contributed by atoms with Crippen molar-refractivity contribution in [1.82, 2.24) is 0 Å². The van der Waals surface area contributed by atoms with Gasteiger partial charge in [0.15, 0.2) is 0 Å². The maximum atomic E-state index is 3.88. The summed E-state index contributed by atoms with van der Waals surface area (Å²) in [4.78, 5) is 0. The number of anilines is 2. The summed E-state index contributed by atoms with van der Waals surface area (Å²) >= 11 is 0. The standard InChI is InChI=1S/C32H37N/c1-21-13-16-24(31(3,4)5)19-28(21)27-18-15-23-11-9-10-12-26(23)30(27)33-29-20-25(32(6,7)8)17-14-22(29)2/h9-20,33H,1-8H3. The Balaban J connectivity index is 1.96. The van der Waals surface area contributed by atoms with Crippen molar-refractivity contribution in [2.75, 3.05) is 5.32 Å². The van der Waals surface area contributed by atoms with Gasteiger partial charge < -0.3 is 5.32 Å². The van der Waals surface area contributed by atoms with E-state index in [1.807, 2.05) is 0 Å². The van der Waals surface area contributed by atoms with E-state index in [0.717, 1.165) is 0 Å². The Hall–Kier alpha value is -3.06. The van der Waals surface area contributed by atoms with Crippen molar-refractivity contribution in [2.45, 2.75) is 66.2 Å². The molecule has 1 heteroatoms. The number of aryl methyl sites for hydroxylation is 2. The zero-order valence-electron chi connectivity index (χ0n) is 21.4. The number of nitrogens with one attached hydrogen (secondary N) is 1. The van der Waals surface area contributed by atoms with Crippen molar-refractivity contribution in [3.63, 3.8) is 0 Å². The lowest BCUT2D eigenvalue weighted by Gasteiger charge is -2.24. The monoisotopic (exact) mass is 435 g/mol. The molecule has 0 saturated carbocycles. The molecule has 0 unspecified atom stereocenters. The highest BCUT2D eigenvalue weighted by atomic mass is 14.9. The minimum Gasteiger partial charge on any atom is -0.354 e. The van der Waals surface area contributed by atoms with Crippen LogP contribution in [0.4, 0.5) is 11.4 Å². The van der Waals surface area contributed by atoms with Gasteiger partial charge in [-0.2, -0.15) is 0 Å². The van der Waals surface area contributed by atoms with Crippen LogP contribution in [0.15, 0.2) is 72.8 Å². The van der Waals surface area contributed by atoms with E-state index >= 15 is 0 Å². The summed E-state index contributed by atoms with van der Waals surface area (Å²) in [5.41, 5.74) is 10.3. The first-order valence-corrected chi connectivity index (χ1v) is 12.0. The van der Waals surface area contributed by atoms with E-state index in [1.54, 1.807) is 0 Å². The van der Waals surface area contributed by atoms with Crippen LogP contribution < -0.4 is 5.32 Å². The lowest BCUT2D eigenvalue weighted by atomic mass is 9.83. The van der Waals surface area contributed by atoms with Crippen molar-refractivity contribution in [1.29, 1.82) is 0 Å². The summed E-state index contributed by atoms with van der Waals surface area (Å²) in [7, 11) is 0. The Morgan fingerprint density at radius 1 is 0.576 bits per heavy atom. The first kappa shape index (κ1) is 23.1. The van der Waals surface area contributed by atoms with Gasteiger partial charge in [0.2, 0.25) is 0 Å². The fourth-order valence-electron chi connectivity index (χ4n) is 4.37. The molecule has 0 atom stereocenters. The summed E-state index contributed by atoms with van der Waals surface area (Å²) in [5, 5.41) is 6.37. The Labute approximate surface area is 199 Å². The van der Waals surface area contributed by atoms with E-state index in [2.05, 4.69) is 134 Å². The van der Waals surface area contributed by atoms with E-state index in [1.165, 1.54) is 55.5 Å². The smallest absolute Gasteiger partial charge is 0.0543 e. The molecule has 0 spiro atoms. The van der Waals surface area contributed by atoms with Crippen LogP contribution in [-0.4, -0.2) is 0 Å². The first-order valence-electron chi connectivity index (χ1n) is 12.0. The molecule has 4 aromatic rings. The SMILES string of the molecule is Cc1ccc(C(C)(C)C)cc1Nc1c(-c2cc(C(C)(C)C)ccc2C)ccc2ccccc12. The molecule has 4 aromatic carbocycles. The van der Waals surface area contributed by atoms with Crippen LogP contribution in [0, 0.1) is 13.8 Å². The molecule has 0 aliphatic heterocycles. The Morgan fingerprint density at radius 3 is 1.85 bits per heavy atom. The van der Waals surface area contributed by atoms with Crippen LogP contribution >= 0.6 is 0 Å². The Bertz CT molecular complexity index is 1310. The van der Waals surface area contributed by atoms with Gasteiger partial charge in [0.05, 0.1) is 5.69 Å². The van der Waals surface area contributed by atoms with Gasteiger partial charge >= 0.3 is 0 Å². The molecule has 0 radical (unpaired) electrons. The molecule has 170 valence electrons. The fraction of sp³-hybridized carbons (Fsp3) is 0.312. The van der Waals surface area contributed by atoms with Crippen molar-refractivity contribution >= 4 is 22.1 Å². The summed E-state index contributed by atoms with van der Waals surface area (Å²) < 4.78 is 0. The van der Waals surface area contributed by atoms with Gasteiger partial charge in [-0.25, -0.2) is 0 Å². The summed E-state index contributed by atoms with van der Waals surface area (Å²) in [5.74, 6) is 0. The van der Waals surface area contributed by atoms with Crippen LogP contribution in [0.5, 0.6) is 0 Å². The van der Waals surface area contributed by atoms with Gasteiger partial charge in [-0.3, -0.25) is 0 Å². The Morgan fingerprint density at radius 2 is 1.18 bits per heavy atom. The van der Waals surface area contributed by atoms with E-state index < -0.39 is 0 Å². The minimum absolute atomic E-state index is 0.101. The largest absolute Gasteiger partial charge is 0.354 e. The van der Waals surface area contributed by atoms with Gasteiger partial charge in [-0.1, -0.05) is 108 Å². The number of hydrogen-bond donors (Lipinski definition) is 1. The van der Waals surface area contributed by atoms with E-state index in [9.17, 15) is 0 Å². The predicted molar refractivity (Wildman–Crippen MR) is 146 cm³/mol. The summed E-state index contributed by atoms with van der Waals surface area (Å²) in [6.45, 7) is 18.1. The van der Waals surface area contributed by atoms with Crippen LogP contribution in [0.3, 0.4) is 0 Å². The number of rotatable bonds is 3. The number of hydrogen-bond acceptors (Lipinski definition) is 1.